The van der Waals surface area contributed by atoms with Crippen LogP contribution in [0.15, 0.2) is 60.8 Å². The van der Waals surface area contributed by atoms with Crippen LogP contribution in [0.4, 0.5) is 13.2 Å². The molecule has 1 aliphatic rings. The van der Waals surface area contributed by atoms with Gasteiger partial charge >= 0.3 is 0 Å². The van der Waals surface area contributed by atoms with Gasteiger partial charge in [-0.1, -0.05) is 30.3 Å². The molecule has 0 saturated carbocycles. The Hall–Kier alpha value is -4.16. The van der Waals surface area contributed by atoms with E-state index in [0.29, 0.717) is 28.5 Å². The van der Waals surface area contributed by atoms with E-state index in [2.05, 4.69) is 16.4 Å². The Bertz CT molecular complexity index is 1480. The lowest BCUT2D eigenvalue weighted by Gasteiger charge is -2.33. The van der Waals surface area contributed by atoms with E-state index in [-0.39, 0.29) is 18.4 Å². The molecule has 2 aromatic carbocycles. The number of carbonyl (C=O) groups is 1. The predicted octanol–water partition coefficient (Wildman–Crippen LogP) is 3.72. The van der Waals surface area contributed by atoms with Gasteiger partial charge in [-0.05, 0) is 29.3 Å². The van der Waals surface area contributed by atoms with Crippen molar-refractivity contribution in [3.05, 3.63) is 106 Å². The number of hydrogen-bond donors (Lipinski definition) is 2. The van der Waals surface area contributed by atoms with Crippen LogP contribution in [0.1, 0.15) is 40.1 Å². The van der Waals surface area contributed by atoms with E-state index in [1.165, 1.54) is 0 Å². The van der Waals surface area contributed by atoms with Crippen LogP contribution in [0.5, 0.6) is 0 Å². The van der Waals surface area contributed by atoms with Crippen LogP contribution < -0.4 is 5.32 Å². The molecular weight excluding hydrogens is 457 g/mol. The Morgan fingerprint density at radius 2 is 1.83 bits per heavy atom. The third kappa shape index (κ3) is 4.13. The molecule has 0 bridgehead atoms. The molecule has 2 heterocycles. The Labute approximate surface area is 198 Å². The monoisotopic (exact) mass is 476 g/mol. The zero-order chi connectivity index (χ0) is 24.7. The fraction of sp³-hybridized carbons (Fsp3) is 0.192. The summed E-state index contributed by atoms with van der Waals surface area (Å²) >= 11 is 0. The van der Waals surface area contributed by atoms with Gasteiger partial charge < -0.3 is 14.8 Å². The van der Waals surface area contributed by atoms with Gasteiger partial charge in [-0.15, -0.1) is 0 Å². The summed E-state index contributed by atoms with van der Waals surface area (Å²) in [4.78, 5) is 17.5. The van der Waals surface area contributed by atoms with Crippen LogP contribution in [0.2, 0.25) is 0 Å². The molecule has 9 heteroatoms. The molecule has 176 valence electrons. The van der Waals surface area contributed by atoms with Gasteiger partial charge in [0.05, 0.1) is 17.3 Å². The predicted molar refractivity (Wildman–Crippen MR) is 120 cm³/mol. The molecule has 0 fully saturated rings. The average Bonchev–Trinajstić information content (AvgIpc) is 3.22. The largest absolute Gasteiger partial charge is 0.378 e. The van der Waals surface area contributed by atoms with Crippen LogP contribution in [0.3, 0.4) is 0 Å². The van der Waals surface area contributed by atoms with E-state index >= 15 is 0 Å². The molecule has 0 spiro atoms. The molecule has 1 amide bonds. The van der Waals surface area contributed by atoms with Crippen molar-refractivity contribution in [2.75, 3.05) is 0 Å². The van der Waals surface area contributed by atoms with E-state index in [1.807, 2.05) is 0 Å². The Morgan fingerprint density at radius 1 is 1.09 bits per heavy atom. The van der Waals surface area contributed by atoms with Crippen molar-refractivity contribution in [2.24, 2.45) is 0 Å². The number of pyridine rings is 1. The maximum atomic E-state index is 14.8. The van der Waals surface area contributed by atoms with Crippen molar-refractivity contribution in [2.45, 2.75) is 30.9 Å². The van der Waals surface area contributed by atoms with Crippen LogP contribution in [0, 0.1) is 28.8 Å². The molecule has 35 heavy (non-hydrogen) atoms. The van der Waals surface area contributed by atoms with Crippen molar-refractivity contribution >= 4 is 11.6 Å². The molecule has 0 aliphatic heterocycles. The van der Waals surface area contributed by atoms with Gasteiger partial charge in [-0.25, -0.2) is 18.2 Å². The van der Waals surface area contributed by atoms with Gasteiger partial charge in [0.25, 0.3) is 5.91 Å². The SMILES string of the molecule is N#Cc1ccn2c3c(nc2c1)C[C@H](c1cc(F)c(F)cc1F)[C@@H](NC(=O)C(O)c1ccccc1)C3. The molecule has 5 rings (SSSR count). The molecule has 2 aromatic heterocycles. The number of nitriles is 1. The molecule has 0 saturated heterocycles. The second-order valence-corrected chi connectivity index (χ2v) is 8.49. The summed E-state index contributed by atoms with van der Waals surface area (Å²) in [5, 5.41) is 22.5. The third-order valence-corrected chi connectivity index (χ3v) is 6.38. The minimum atomic E-state index is -1.46. The number of benzene rings is 2. The molecule has 1 unspecified atom stereocenters. The smallest absolute Gasteiger partial charge is 0.253 e. The summed E-state index contributed by atoms with van der Waals surface area (Å²) in [5.74, 6) is -4.91. The van der Waals surface area contributed by atoms with Crippen LogP contribution in [-0.4, -0.2) is 26.4 Å². The highest BCUT2D eigenvalue weighted by atomic mass is 19.2. The van der Waals surface area contributed by atoms with Crippen molar-refractivity contribution < 1.29 is 23.1 Å². The molecule has 0 radical (unpaired) electrons. The van der Waals surface area contributed by atoms with Gasteiger partial charge in [-0.3, -0.25) is 4.79 Å². The summed E-state index contributed by atoms with van der Waals surface area (Å²) in [6.07, 6.45) is 0.551. The first-order chi connectivity index (χ1) is 16.9. The number of nitrogens with zero attached hydrogens (tertiary/aromatic N) is 3. The quantitative estimate of drug-likeness (QED) is 0.440. The highest BCUT2D eigenvalue weighted by Gasteiger charge is 2.36. The van der Waals surface area contributed by atoms with Crippen molar-refractivity contribution in [3.8, 4) is 6.07 Å². The van der Waals surface area contributed by atoms with Crippen LogP contribution in [0.25, 0.3) is 5.65 Å². The van der Waals surface area contributed by atoms with E-state index in [9.17, 15) is 28.3 Å². The van der Waals surface area contributed by atoms with Gasteiger partial charge in [0.1, 0.15) is 11.5 Å². The molecule has 6 nitrogen and oxygen atoms in total. The summed E-state index contributed by atoms with van der Waals surface area (Å²) in [6.45, 7) is 0. The van der Waals surface area contributed by atoms with Gasteiger partial charge in [0, 0.05) is 42.8 Å². The molecule has 2 N–H and O–H groups in total. The minimum Gasteiger partial charge on any atom is -0.378 e. The summed E-state index contributed by atoms with van der Waals surface area (Å²) in [7, 11) is 0. The number of rotatable bonds is 4. The number of hydrogen-bond acceptors (Lipinski definition) is 4. The first-order valence-electron chi connectivity index (χ1n) is 10.9. The number of aliphatic hydroxyl groups excluding tert-OH is 1. The zero-order valence-electron chi connectivity index (χ0n) is 18.3. The molecule has 3 atom stereocenters. The Morgan fingerprint density at radius 3 is 2.57 bits per heavy atom. The summed E-state index contributed by atoms with van der Waals surface area (Å²) in [6, 6.07) is 14.2. The highest BCUT2D eigenvalue weighted by Crippen LogP contribution is 2.36. The molecular formula is C26H19F3N4O2. The zero-order valence-corrected chi connectivity index (χ0v) is 18.3. The molecule has 1 aliphatic carbocycles. The lowest BCUT2D eigenvalue weighted by atomic mass is 9.79. The van der Waals surface area contributed by atoms with Crippen LogP contribution >= 0.6 is 0 Å². The highest BCUT2D eigenvalue weighted by molar-refractivity contribution is 5.82. The fourth-order valence-corrected chi connectivity index (χ4v) is 4.64. The van der Waals surface area contributed by atoms with E-state index in [1.54, 1.807) is 53.1 Å². The summed E-state index contributed by atoms with van der Waals surface area (Å²) in [5.41, 5.74) is 2.56. The number of aliphatic hydroxyl groups is 1. The van der Waals surface area contributed by atoms with Gasteiger partial charge in [0.2, 0.25) is 0 Å². The lowest BCUT2D eigenvalue weighted by Crippen LogP contribution is -2.46. The van der Waals surface area contributed by atoms with Crippen molar-refractivity contribution in [3.63, 3.8) is 0 Å². The van der Waals surface area contributed by atoms with E-state index < -0.39 is 41.4 Å². The van der Waals surface area contributed by atoms with Crippen molar-refractivity contribution in [1.29, 1.82) is 5.26 Å². The third-order valence-electron chi connectivity index (χ3n) is 6.38. The maximum absolute atomic E-state index is 14.8. The van der Waals surface area contributed by atoms with Crippen molar-refractivity contribution in [1.82, 2.24) is 14.7 Å². The normalized spacial score (nSPS) is 18.0. The Balaban J connectivity index is 1.55. The van der Waals surface area contributed by atoms with Crippen LogP contribution in [-0.2, 0) is 17.6 Å². The summed E-state index contributed by atoms with van der Waals surface area (Å²) < 4.78 is 44.3. The second-order valence-electron chi connectivity index (χ2n) is 8.49. The van der Waals surface area contributed by atoms with E-state index in [4.69, 9.17) is 0 Å². The number of fused-ring (bicyclic) bond motifs is 3. The van der Waals surface area contributed by atoms with E-state index in [0.717, 1.165) is 11.8 Å². The minimum absolute atomic E-state index is 0.0937. The fourth-order valence-electron chi connectivity index (χ4n) is 4.64. The van der Waals surface area contributed by atoms with Gasteiger partial charge in [0.15, 0.2) is 17.7 Å². The number of nitrogens with one attached hydrogen (secondary N) is 1. The Kier molecular flexibility index (Phi) is 5.75. The number of halogens is 3. The molecule has 4 aromatic rings. The topological polar surface area (TPSA) is 90.4 Å². The van der Waals surface area contributed by atoms with Gasteiger partial charge in [-0.2, -0.15) is 5.26 Å². The average molecular weight is 476 g/mol. The number of aromatic nitrogens is 2. The number of carbonyl (C=O) groups excluding carboxylic acids is 1. The standard InChI is InChI=1S/C26H19F3N4O2/c27-18-11-20(29)19(28)9-16(18)17-10-22-23(33-7-6-14(13-30)8-24(33)31-22)12-21(17)32-26(35)25(34)15-4-2-1-3-5-15/h1-9,11,17,21,25,34H,10,12H2,(H,32,35)/t17-,21+,25?/m1/s1. The number of amides is 1. The number of imidazole rings is 1. The maximum Gasteiger partial charge on any atom is 0.253 e. The second kappa shape index (κ2) is 8.89. The lowest BCUT2D eigenvalue weighted by molar-refractivity contribution is -0.130. The first kappa shape index (κ1) is 22.6. The first-order valence-corrected chi connectivity index (χ1v) is 10.9.